The van der Waals surface area contributed by atoms with Gasteiger partial charge in [-0.25, -0.2) is 0 Å². The van der Waals surface area contributed by atoms with Crippen LogP contribution < -0.4 is 0 Å². The molecule has 0 atom stereocenters. The highest BCUT2D eigenvalue weighted by molar-refractivity contribution is 5.92. The van der Waals surface area contributed by atoms with Crippen LogP contribution in [0.3, 0.4) is 0 Å². The minimum atomic E-state index is -0.871. The van der Waals surface area contributed by atoms with Gasteiger partial charge in [0.1, 0.15) is 0 Å². The predicted octanol–water partition coefficient (Wildman–Crippen LogP) is 6.74. The number of hydrogen-bond acceptors (Lipinski definition) is 3. The number of methoxy groups -OCH3 is 3. The largest absolute Gasteiger partial charge is 0.331 e. The van der Waals surface area contributed by atoms with Gasteiger partial charge >= 0.3 is 0 Å². The SMILES string of the molecule is C=Cc1ccc(CCCCCCCCCC(OC)(OC)OC)c2ccccc12. The fourth-order valence-corrected chi connectivity index (χ4v) is 3.88. The minimum Gasteiger partial charge on any atom is -0.331 e. The molecule has 0 saturated carbocycles. The first-order valence-corrected chi connectivity index (χ1v) is 10.5. The lowest BCUT2D eigenvalue weighted by molar-refractivity contribution is -0.355. The third kappa shape index (κ3) is 6.16. The maximum Gasteiger partial charge on any atom is 0.282 e. The number of benzene rings is 2. The first-order chi connectivity index (χ1) is 13.7. The summed E-state index contributed by atoms with van der Waals surface area (Å²) >= 11 is 0. The maximum atomic E-state index is 5.33. The van der Waals surface area contributed by atoms with Gasteiger partial charge in [0.25, 0.3) is 5.97 Å². The molecule has 2 aromatic rings. The van der Waals surface area contributed by atoms with E-state index < -0.39 is 5.97 Å². The fourth-order valence-electron chi connectivity index (χ4n) is 3.88. The van der Waals surface area contributed by atoms with E-state index in [0.29, 0.717) is 0 Å². The van der Waals surface area contributed by atoms with E-state index in [1.54, 1.807) is 21.3 Å². The summed E-state index contributed by atoms with van der Waals surface area (Å²) in [5.41, 5.74) is 2.68. The molecule has 0 fully saturated rings. The number of hydrogen-bond donors (Lipinski definition) is 0. The van der Waals surface area contributed by atoms with Crippen molar-refractivity contribution < 1.29 is 14.2 Å². The predicted molar refractivity (Wildman–Crippen MR) is 118 cm³/mol. The molecule has 0 saturated heterocycles. The Balaban J connectivity index is 1.65. The van der Waals surface area contributed by atoms with Crippen molar-refractivity contribution in [3.05, 3.63) is 54.1 Å². The number of ether oxygens (including phenoxy) is 3. The van der Waals surface area contributed by atoms with Crippen LogP contribution in [-0.4, -0.2) is 27.3 Å². The van der Waals surface area contributed by atoms with Crippen molar-refractivity contribution in [1.82, 2.24) is 0 Å². The molecule has 28 heavy (non-hydrogen) atoms. The van der Waals surface area contributed by atoms with E-state index in [-0.39, 0.29) is 0 Å². The van der Waals surface area contributed by atoms with Crippen LogP contribution in [0.4, 0.5) is 0 Å². The van der Waals surface area contributed by atoms with Crippen LogP contribution in [0.25, 0.3) is 16.8 Å². The van der Waals surface area contributed by atoms with E-state index in [9.17, 15) is 0 Å². The molecule has 154 valence electrons. The molecular weight excluding hydrogens is 348 g/mol. The van der Waals surface area contributed by atoms with E-state index in [1.807, 2.05) is 6.08 Å². The number of fused-ring (bicyclic) bond motifs is 1. The molecule has 0 aliphatic heterocycles. The lowest BCUT2D eigenvalue weighted by atomic mass is 9.96. The molecule has 0 spiro atoms. The first kappa shape index (κ1) is 22.6. The van der Waals surface area contributed by atoms with Gasteiger partial charge in [-0.05, 0) is 41.2 Å². The van der Waals surface area contributed by atoms with Crippen LogP contribution in [0.15, 0.2) is 43.0 Å². The monoisotopic (exact) mass is 384 g/mol. The number of unbranched alkanes of at least 4 members (excludes halogenated alkanes) is 6. The molecular formula is C25H36O3. The van der Waals surface area contributed by atoms with Crippen molar-refractivity contribution in [1.29, 1.82) is 0 Å². The third-order valence-electron chi connectivity index (χ3n) is 5.63. The van der Waals surface area contributed by atoms with Gasteiger partial charge in [0, 0.05) is 27.8 Å². The molecule has 2 rings (SSSR count). The average molecular weight is 385 g/mol. The molecule has 2 aromatic carbocycles. The molecule has 0 radical (unpaired) electrons. The Hall–Kier alpha value is -1.68. The molecule has 0 unspecified atom stereocenters. The van der Waals surface area contributed by atoms with Crippen LogP contribution in [0.1, 0.15) is 62.5 Å². The Labute approximate surface area is 170 Å². The van der Waals surface area contributed by atoms with Gasteiger partial charge < -0.3 is 14.2 Å². The average Bonchev–Trinajstić information content (AvgIpc) is 2.75. The lowest BCUT2D eigenvalue weighted by Crippen LogP contribution is -2.35. The fraction of sp³-hybridized carbons (Fsp3) is 0.520. The Morgan fingerprint density at radius 1 is 0.750 bits per heavy atom. The normalized spacial score (nSPS) is 11.8. The zero-order valence-corrected chi connectivity index (χ0v) is 17.8. The van der Waals surface area contributed by atoms with Crippen molar-refractivity contribution in [2.45, 2.75) is 63.8 Å². The summed E-state index contributed by atoms with van der Waals surface area (Å²) in [6.07, 6.45) is 12.5. The van der Waals surface area contributed by atoms with Crippen molar-refractivity contribution in [3.63, 3.8) is 0 Å². The van der Waals surface area contributed by atoms with E-state index in [4.69, 9.17) is 14.2 Å². The zero-order chi connectivity index (χ0) is 20.2. The smallest absolute Gasteiger partial charge is 0.282 e. The van der Waals surface area contributed by atoms with Crippen molar-refractivity contribution >= 4 is 16.8 Å². The van der Waals surface area contributed by atoms with Gasteiger partial charge in [0.15, 0.2) is 0 Å². The van der Waals surface area contributed by atoms with E-state index in [1.165, 1.54) is 60.4 Å². The summed E-state index contributed by atoms with van der Waals surface area (Å²) in [6, 6.07) is 13.1. The quantitative estimate of drug-likeness (QED) is 0.267. The Bertz CT molecular complexity index is 711. The zero-order valence-electron chi connectivity index (χ0n) is 17.8. The standard InChI is InChI=1S/C25H36O3/c1-5-21-18-19-22(24-17-13-12-16-23(21)24)15-11-9-7-6-8-10-14-20-25(26-2,27-3)28-4/h5,12-13,16-19H,1,6-11,14-15,20H2,2-4H3. The van der Waals surface area contributed by atoms with Crippen molar-refractivity contribution in [2.24, 2.45) is 0 Å². The van der Waals surface area contributed by atoms with Gasteiger partial charge in [-0.2, -0.15) is 0 Å². The van der Waals surface area contributed by atoms with Crippen LogP contribution in [0.5, 0.6) is 0 Å². The molecule has 0 amide bonds. The summed E-state index contributed by atoms with van der Waals surface area (Å²) in [5, 5.41) is 2.69. The molecule has 0 aromatic heterocycles. The number of rotatable bonds is 14. The van der Waals surface area contributed by atoms with E-state index >= 15 is 0 Å². The Morgan fingerprint density at radius 2 is 1.32 bits per heavy atom. The second-order valence-corrected chi connectivity index (χ2v) is 7.33. The summed E-state index contributed by atoms with van der Waals surface area (Å²) in [6.45, 7) is 3.93. The molecule has 0 aliphatic rings. The molecule has 0 heterocycles. The molecule has 3 heteroatoms. The van der Waals surface area contributed by atoms with Gasteiger partial charge in [0.2, 0.25) is 0 Å². The van der Waals surface area contributed by atoms with Crippen LogP contribution in [0.2, 0.25) is 0 Å². The topological polar surface area (TPSA) is 27.7 Å². The van der Waals surface area contributed by atoms with E-state index in [2.05, 4.69) is 43.0 Å². The molecule has 3 nitrogen and oxygen atoms in total. The minimum absolute atomic E-state index is 0.768. The van der Waals surface area contributed by atoms with Crippen LogP contribution in [-0.2, 0) is 20.6 Å². The van der Waals surface area contributed by atoms with Crippen LogP contribution >= 0.6 is 0 Å². The lowest BCUT2D eigenvalue weighted by Gasteiger charge is -2.28. The summed E-state index contributed by atoms with van der Waals surface area (Å²) in [5.74, 6) is -0.871. The highest BCUT2D eigenvalue weighted by Gasteiger charge is 2.28. The third-order valence-corrected chi connectivity index (χ3v) is 5.63. The maximum absolute atomic E-state index is 5.33. The van der Waals surface area contributed by atoms with E-state index in [0.717, 1.165) is 19.3 Å². The summed E-state index contributed by atoms with van der Waals surface area (Å²) < 4.78 is 16.0. The van der Waals surface area contributed by atoms with Crippen LogP contribution in [0, 0.1) is 0 Å². The molecule has 0 N–H and O–H groups in total. The van der Waals surface area contributed by atoms with Gasteiger partial charge in [-0.3, -0.25) is 0 Å². The Morgan fingerprint density at radius 3 is 1.93 bits per heavy atom. The highest BCUT2D eigenvalue weighted by Crippen LogP contribution is 2.25. The summed E-state index contributed by atoms with van der Waals surface area (Å²) in [7, 11) is 4.88. The Kier molecular flexibility index (Phi) is 9.69. The summed E-state index contributed by atoms with van der Waals surface area (Å²) in [4.78, 5) is 0. The second-order valence-electron chi connectivity index (χ2n) is 7.33. The first-order valence-electron chi connectivity index (χ1n) is 10.5. The molecule has 0 bridgehead atoms. The highest BCUT2D eigenvalue weighted by atomic mass is 16.9. The van der Waals surface area contributed by atoms with Crippen molar-refractivity contribution in [2.75, 3.05) is 21.3 Å². The van der Waals surface area contributed by atoms with Gasteiger partial charge in [0.05, 0.1) is 0 Å². The number of aryl methyl sites for hydroxylation is 1. The van der Waals surface area contributed by atoms with Gasteiger partial charge in [-0.1, -0.05) is 81.2 Å². The van der Waals surface area contributed by atoms with Crippen molar-refractivity contribution in [3.8, 4) is 0 Å². The second kappa shape index (κ2) is 12.0. The molecule has 0 aliphatic carbocycles. The van der Waals surface area contributed by atoms with Gasteiger partial charge in [-0.15, -0.1) is 0 Å².